The fourth-order valence-electron chi connectivity index (χ4n) is 16.4. The first-order valence-corrected chi connectivity index (χ1v) is 41.7. The normalized spacial score (nSPS) is 19.8. The standard InChI is InChI=1S/C28H37F3N4S.C27H35F3N4OS.C27H35F3N4S/c29-28(30,31)23-10-11-27-25(22-23)35(24-8-2-3-9-26(24)36-27)17-7-16-34-20-18-33(19-21-34)15-6-14-32-12-4-1-5-13-32;28-27(29,30)22-7-8-26-24(21-22)34(23-5-1-2-6-25(23)36-26)12-4-11-32-15-13-31(14-16-32)9-3-10-33-17-19-35-20-18-33;28-27(29,30)22-9-10-26-24(21-22)34(23-7-1-2-8-25(23)35-26)16-6-15-33-19-17-32(18-20-33)14-5-13-31-11-3-4-12-31/h2-3,8-11,22H,1,4-7,12-21H2;1-2,5-8,21H,3-4,9-20H2;1-2,7-10,21H,3-6,11-20H2. The first kappa shape index (κ1) is 79.8. The Hall–Kier alpha value is -5.26. The fourth-order valence-corrected chi connectivity index (χ4v) is 19.6. The molecule has 9 heterocycles. The summed E-state index contributed by atoms with van der Waals surface area (Å²) >= 11 is 4.66. The molecule has 0 saturated carbocycles. The number of nitrogens with zero attached hydrogens (tertiary/aromatic N) is 12. The van der Waals surface area contributed by atoms with Crippen LogP contribution < -0.4 is 14.7 Å². The molecule has 0 aliphatic carbocycles. The van der Waals surface area contributed by atoms with Crippen LogP contribution in [0.1, 0.15) is 87.3 Å². The lowest BCUT2D eigenvalue weighted by atomic mass is 10.1. The monoisotopic (exact) mass is 1540 g/mol. The highest BCUT2D eigenvalue weighted by atomic mass is 32.2. The van der Waals surface area contributed by atoms with Gasteiger partial charge >= 0.3 is 18.5 Å². The highest BCUT2D eigenvalue weighted by Gasteiger charge is 2.37. The van der Waals surface area contributed by atoms with Crippen LogP contribution in [0.25, 0.3) is 0 Å². The maximum absolute atomic E-state index is 13.4. The van der Waals surface area contributed by atoms with Crippen LogP contribution >= 0.6 is 35.3 Å². The Balaban J connectivity index is 0.000000142. The van der Waals surface area contributed by atoms with Gasteiger partial charge in [0.15, 0.2) is 0 Å². The van der Waals surface area contributed by atoms with E-state index in [1.807, 2.05) is 60.7 Å². The van der Waals surface area contributed by atoms with Gasteiger partial charge in [0.2, 0.25) is 0 Å². The van der Waals surface area contributed by atoms with E-state index < -0.39 is 35.2 Å². The molecule has 15 rings (SSSR count). The summed E-state index contributed by atoms with van der Waals surface area (Å²) in [5, 5.41) is 0. The first-order chi connectivity index (χ1) is 51.9. The summed E-state index contributed by atoms with van der Waals surface area (Å²) in [6.07, 6.45) is 0.262. The SMILES string of the molecule is FC(F)(F)c1ccc2c(c1)N(CCCN1CCN(CCCN3CCCC3)CC1)c1ccccc1S2.FC(F)(F)c1ccc2c(c1)N(CCCN1CCN(CCCN3CCCCC3)CC1)c1ccccc1S2.FC(F)(F)c1ccc2c(c1)N(CCCN1CCN(CCCN3CCOCC3)CC1)c1ccccc1S2. The maximum atomic E-state index is 13.4. The summed E-state index contributed by atoms with van der Waals surface area (Å²) in [7, 11) is 0. The molecule has 107 heavy (non-hydrogen) atoms. The van der Waals surface area contributed by atoms with Crippen molar-refractivity contribution in [3.8, 4) is 0 Å². The van der Waals surface area contributed by atoms with Crippen LogP contribution in [-0.4, -0.2) is 254 Å². The second-order valence-corrected chi connectivity index (χ2v) is 33.0. The summed E-state index contributed by atoms with van der Waals surface area (Å²) in [6, 6.07) is 36.5. The number of anilines is 6. The van der Waals surface area contributed by atoms with Crippen LogP contribution in [0.2, 0.25) is 0 Å². The number of piperidine rings is 1. The predicted molar refractivity (Wildman–Crippen MR) is 417 cm³/mol. The van der Waals surface area contributed by atoms with Crippen molar-refractivity contribution in [2.24, 2.45) is 0 Å². The van der Waals surface area contributed by atoms with Crippen LogP contribution in [0.4, 0.5) is 73.6 Å². The molecule has 582 valence electrons. The third-order valence-corrected chi connectivity index (χ3v) is 25.8. The topological polar surface area (TPSA) is 48.1 Å². The zero-order chi connectivity index (χ0) is 74.2. The average molecular weight is 1540 g/mol. The molecule has 6 saturated heterocycles. The lowest BCUT2D eigenvalue weighted by Gasteiger charge is -2.37. The Morgan fingerprint density at radius 3 is 0.738 bits per heavy atom. The Labute approximate surface area is 641 Å². The number of rotatable bonds is 24. The smallest absolute Gasteiger partial charge is 0.379 e. The number of hydrogen-bond acceptors (Lipinski definition) is 16. The van der Waals surface area contributed by atoms with Gasteiger partial charge in [0.1, 0.15) is 0 Å². The number of fused-ring (bicyclic) bond motifs is 6. The molecule has 9 aliphatic rings. The van der Waals surface area contributed by atoms with Crippen molar-refractivity contribution < 1.29 is 44.3 Å². The van der Waals surface area contributed by atoms with E-state index >= 15 is 0 Å². The van der Waals surface area contributed by atoms with Gasteiger partial charge in [-0.25, -0.2) is 0 Å². The molecule has 0 unspecified atom stereocenters. The zero-order valence-corrected chi connectivity index (χ0v) is 64.4. The third-order valence-electron chi connectivity index (χ3n) is 22.4. The van der Waals surface area contributed by atoms with Crippen LogP contribution in [0, 0.1) is 0 Å². The number of alkyl halides is 9. The van der Waals surface area contributed by atoms with Gasteiger partial charge in [0.05, 0.1) is 64.0 Å². The van der Waals surface area contributed by atoms with Crippen molar-refractivity contribution in [3.05, 3.63) is 144 Å². The number of likely N-dealkylation sites (tertiary alicyclic amines) is 2. The molecule has 9 aliphatic heterocycles. The highest BCUT2D eigenvalue weighted by molar-refractivity contribution is 8.00. The van der Waals surface area contributed by atoms with E-state index in [-0.39, 0.29) is 0 Å². The summed E-state index contributed by atoms with van der Waals surface area (Å²) in [4.78, 5) is 35.2. The maximum Gasteiger partial charge on any atom is 0.416 e. The molecule has 0 bridgehead atoms. The minimum Gasteiger partial charge on any atom is -0.379 e. The molecule has 6 fully saturated rings. The lowest BCUT2D eigenvalue weighted by Crippen LogP contribution is -2.47. The number of ether oxygens (including phenoxy) is 1. The predicted octanol–water partition coefficient (Wildman–Crippen LogP) is 17.0. The van der Waals surface area contributed by atoms with Gasteiger partial charge in [0, 0.05) is 141 Å². The average Bonchev–Trinajstić information content (AvgIpc) is 0.785. The van der Waals surface area contributed by atoms with Gasteiger partial charge in [-0.2, -0.15) is 39.5 Å². The summed E-state index contributed by atoms with van der Waals surface area (Å²) in [6.45, 7) is 34.1. The first-order valence-electron chi connectivity index (χ1n) is 39.3. The molecule has 0 atom stereocenters. The van der Waals surface area contributed by atoms with Crippen molar-refractivity contribution >= 4 is 69.4 Å². The van der Waals surface area contributed by atoms with Gasteiger partial charge in [-0.3, -0.25) is 4.90 Å². The minimum atomic E-state index is -4.34. The minimum absolute atomic E-state index is 0.581. The Morgan fingerprint density at radius 2 is 0.467 bits per heavy atom. The van der Waals surface area contributed by atoms with Crippen molar-refractivity contribution in [1.82, 2.24) is 44.1 Å². The van der Waals surface area contributed by atoms with Gasteiger partial charge < -0.3 is 58.6 Å². The molecule has 0 aromatic heterocycles. The quantitative estimate of drug-likeness (QED) is 0.0540. The van der Waals surface area contributed by atoms with Crippen molar-refractivity contribution in [2.45, 2.75) is 119 Å². The largest absolute Gasteiger partial charge is 0.416 e. The lowest BCUT2D eigenvalue weighted by molar-refractivity contribution is -0.138. The zero-order valence-electron chi connectivity index (χ0n) is 61.9. The Kier molecular flexibility index (Phi) is 28.6. The van der Waals surface area contributed by atoms with E-state index in [1.54, 1.807) is 53.5 Å². The van der Waals surface area contributed by atoms with Crippen molar-refractivity contribution in [1.29, 1.82) is 0 Å². The number of para-hydroxylation sites is 3. The van der Waals surface area contributed by atoms with Crippen LogP contribution in [0.3, 0.4) is 0 Å². The molecule has 0 radical (unpaired) electrons. The molecule has 0 spiro atoms. The van der Waals surface area contributed by atoms with Crippen molar-refractivity contribution in [2.75, 3.05) is 224 Å². The van der Waals surface area contributed by atoms with Gasteiger partial charge in [0.25, 0.3) is 0 Å². The molecule has 13 nitrogen and oxygen atoms in total. The molecule has 0 amide bonds. The van der Waals surface area contributed by atoms with Gasteiger partial charge in [-0.05, 0) is 240 Å². The van der Waals surface area contributed by atoms with E-state index in [0.29, 0.717) is 36.7 Å². The molecule has 6 aromatic carbocycles. The van der Waals surface area contributed by atoms with E-state index in [9.17, 15) is 39.5 Å². The van der Waals surface area contributed by atoms with Crippen LogP contribution in [0.5, 0.6) is 0 Å². The summed E-state index contributed by atoms with van der Waals surface area (Å²) < 4.78 is 126. The van der Waals surface area contributed by atoms with Gasteiger partial charge in [-0.15, -0.1) is 0 Å². The fraction of sp³-hybridized carbons (Fsp3) is 0.561. The number of piperazine rings is 3. The summed E-state index contributed by atoms with van der Waals surface area (Å²) in [5.41, 5.74) is 3.28. The molecule has 6 aromatic rings. The number of benzene rings is 6. The van der Waals surface area contributed by atoms with Crippen LogP contribution in [-0.2, 0) is 23.3 Å². The van der Waals surface area contributed by atoms with Crippen molar-refractivity contribution in [3.63, 3.8) is 0 Å². The highest BCUT2D eigenvalue weighted by Crippen LogP contribution is 2.53. The Morgan fingerprint density at radius 1 is 0.243 bits per heavy atom. The molecule has 0 N–H and O–H groups in total. The van der Waals surface area contributed by atoms with E-state index in [4.69, 9.17) is 4.74 Å². The third kappa shape index (κ3) is 22.3. The van der Waals surface area contributed by atoms with Crippen LogP contribution in [0.15, 0.2) is 157 Å². The molecular formula is C82H107F9N12OS3. The molecule has 25 heteroatoms. The molecular weight excluding hydrogens is 1440 g/mol. The summed E-state index contributed by atoms with van der Waals surface area (Å²) in [5.74, 6) is 0. The van der Waals surface area contributed by atoms with E-state index in [2.05, 4.69) is 70.9 Å². The van der Waals surface area contributed by atoms with Gasteiger partial charge in [-0.1, -0.05) is 78.1 Å². The number of hydrogen-bond donors (Lipinski definition) is 0. The second kappa shape index (κ2) is 38.3. The second-order valence-electron chi connectivity index (χ2n) is 29.8. The Bertz CT molecular complexity index is 3590. The number of morpholine rings is 1. The number of halogens is 9. The van der Waals surface area contributed by atoms with E-state index in [0.717, 1.165) is 203 Å². The van der Waals surface area contributed by atoms with E-state index in [1.165, 1.54) is 140 Å².